The monoisotopic (exact) mass is 240 g/mol. The lowest BCUT2D eigenvalue weighted by Crippen LogP contribution is -2.33. The fourth-order valence-electron chi connectivity index (χ4n) is 1.71. The largest absolute Gasteiger partial charge is 0.480 e. The zero-order chi connectivity index (χ0) is 12.4. The van der Waals surface area contributed by atoms with E-state index in [0.29, 0.717) is 16.5 Å². The van der Waals surface area contributed by atoms with E-state index in [9.17, 15) is 13.7 Å². The first kappa shape index (κ1) is 11.5. The summed E-state index contributed by atoms with van der Waals surface area (Å²) in [7, 11) is 0. The first-order chi connectivity index (χ1) is 8.11. The maximum Gasteiger partial charge on any atom is 0.323 e. The molecule has 1 atom stereocenters. The normalized spacial score (nSPS) is 12.8. The van der Waals surface area contributed by atoms with Crippen molar-refractivity contribution in [2.24, 2.45) is 0 Å². The van der Waals surface area contributed by atoms with Crippen molar-refractivity contribution in [3.63, 3.8) is 0 Å². The molecule has 1 heterocycles. The predicted octanol–water partition coefficient (Wildman–Crippen LogP) is 1.78. The maximum atomic E-state index is 13.1. The Labute approximate surface area is 95.2 Å². The van der Waals surface area contributed by atoms with Gasteiger partial charge in [-0.1, -0.05) is 0 Å². The molecule has 4 nitrogen and oxygen atoms in total. The molecule has 0 aliphatic carbocycles. The fraction of sp³-hybridized carbons (Fsp3) is 0.182. The van der Waals surface area contributed by atoms with Crippen molar-refractivity contribution >= 4 is 16.9 Å². The van der Waals surface area contributed by atoms with Crippen LogP contribution in [0.15, 0.2) is 24.4 Å². The highest BCUT2D eigenvalue weighted by Gasteiger charge is 2.19. The van der Waals surface area contributed by atoms with Crippen LogP contribution in [0.3, 0.4) is 0 Å². The number of hydrogen-bond acceptors (Lipinski definition) is 2. The van der Waals surface area contributed by atoms with Gasteiger partial charge in [0, 0.05) is 23.5 Å². The van der Waals surface area contributed by atoms with Gasteiger partial charge in [-0.15, -0.1) is 10.0 Å². The van der Waals surface area contributed by atoms with Crippen molar-refractivity contribution in [1.82, 2.24) is 10.5 Å². The van der Waals surface area contributed by atoms with Gasteiger partial charge in [0.1, 0.15) is 11.9 Å². The molecule has 3 N–H and O–H groups in total. The SMILES string of the molecule is O=C(O)C(Cc1c[nH]c2ccc(F)cc12)NF. The van der Waals surface area contributed by atoms with E-state index in [1.165, 1.54) is 17.7 Å². The highest BCUT2D eigenvalue weighted by Crippen LogP contribution is 2.20. The minimum absolute atomic E-state index is 0.0602. The van der Waals surface area contributed by atoms with E-state index in [1.54, 1.807) is 12.3 Å². The summed E-state index contributed by atoms with van der Waals surface area (Å²) in [5.74, 6) is -1.71. The summed E-state index contributed by atoms with van der Waals surface area (Å²) >= 11 is 0. The van der Waals surface area contributed by atoms with Crippen LogP contribution in [-0.2, 0) is 11.2 Å². The summed E-state index contributed by atoms with van der Waals surface area (Å²) in [5.41, 5.74) is 2.45. The van der Waals surface area contributed by atoms with Crippen molar-refractivity contribution in [1.29, 1.82) is 0 Å². The number of carboxylic acid groups (broad SMARTS) is 1. The van der Waals surface area contributed by atoms with Crippen LogP contribution >= 0.6 is 0 Å². The molecule has 17 heavy (non-hydrogen) atoms. The van der Waals surface area contributed by atoms with Crippen LogP contribution in [0, 0.1) is 5.82 Å². The third-order valence-electron chi connectivity index (χ3n) is 2.58. The standard InChI is InChI=1S/C11H10F2N2O2/c12-7-1-2-9-8(4-7)6(5-14-9)3-10(15-13)11(16)17/h1-2,4-5,10,14-15H,3H2,(H,16,17). The first-order valence-electron chi connectivity index (χ1n) is 4.96. The number of fused-ring (bicyclic) bond motifs is 1. The van der Waals surface area contributed by atoms with Gasteiger partial charge < -0.3 is 10.1 Å². The van der Waals surface area contributed by atoms with E-state index in [-0.39, 0.29) is 6.42 Å². The number of H-pyrrole nitrogens is 1. The number of halogens is 2. The molecule has 1 unspecified atom stereocenters. The van der Waals surface area contributed by atoms with E-state index in [4.69, 9.17) is 5.11 Å². The van der Waals surface area contributed by atoms with Gasteiger partial charge in [-0.3, -0.25) is 4.79 Å². The van der Waals surface area contributed by atoms with Crippen LogP contribution in [0.1, 0.15) is 5.56 Å². The quantitative estimate of drug-likeness (QED) is 0.714. The Balaban J connectivity index is 2.35. The van der Waals surface area contributed by atoms with Crippen LogP contribution in [0.2, 0.25) is 0 Å². The summed E-state index contributed by atoms with van der Waals surface area (Å²) in [6.07, 6.45) is 1.49. The van der Waals surface area contributed by atoms with Gasteiger partial charge in [-0.05, 0) is 23.8 Å². The van der Waals surface area contributed by atoms with Crippen LogP contribution in [0.4, 0.5) is 8.87 Å². The number of aromatic nitrogens is 1. The third-order valence-corrected chi connectivity index (χ3v) is 2.58. The second kappa shape index (κ2) is 4.50. The number of aliphatic carboxylic acids is 1. The lowest BCUT2D eigenvalue weighted by Gasteiger charge is -2.07. The number of nitrogens with one attached hydrogen (secondary N) is 2. The van der Waals surface area contributed by atoms with E-state index < -0.39 is 17.8 Å². The highest BCUT2D eigenvalue weighted by molar-refractivity contribution is 5.84. The molecule has 0 bridgehead atoms. The highest BCUT2D eigenvalue weighted by atomic mass is 19.2. The zero-order valence-corrected chi connectivity index (χ0v) is 8.71. The van der Waals surface area contributed by atoms with Crippen LogP contribution < -0.4 is 5.54 Å². The van der Waals surface area contributed by atoms with Crippen molar-refractivity contribution in [2.45, 2.75) is 12.5 Å². The molecular formula is C11H10F2N2O2. The van der Waals surface area contributed by atoms with Crippen molar-refractivity contribution in [2.75, 3.05) is 0 Å². The van der Waals surface area contributed by atoms with E-state index in [1.807, 2.05) is 0 Å². The minimum Gasteiger partial charge on any atom is -0.480 e. The lowest BCUT2D eigenvalue weighted by molar-refractivity contribution is -0.140. The second-order valence-electron chi connectivity index (χ2n) is 3.71. The molecule has 1 aromatic heterocycles. The number of carbonyl (C=O) groups is 1. The summed E-state index contributed by atoms with van der Waals surface area (Å²) in [5, 5.41) is 9.27. The van der Waals surface area contributed by atoms with Gasteiger partial charge in [0.05, 0.1) is 0 Å². The third kappa shape index (κ3) is 2.26. The number of carboxylic acids is 1. The Morgan fingerprint density at radius 1 is 1.53 bits per heavy atom. The Kier molecular flexibility index (Phi) is 3.06. The topological polar surface area (TPSA) is 65.1 Å². The summed E-state index contributed by atoms with van der Waals surface area (Å²) in [4.78, 5) is 13.5. The van der Waals surface area contributed by atoms with Crippen LogP contribution in [-0.4, -0.2) is 22.1 Å². The minimum atomic E-state index is -1.34. The molecule has 90 valence electrons. The Bertz CT molecular complexity index is 553. The van der Waals surface area contributed by atoms with Crippen molar-refractivity contribution in [3.05, 3.63) is 35.8 Å². The Morgan fingerprint density at radius 2 is 2.29 bits per heavy atom. The van der Waals surface area contributed by atoms with Crippen molar-refractivity contribution in [3.8, 4) is 0 Å². The van der Waals surface area contributed by atoms with Gasteiger partial charge in [0.25, 0.3) is 0 Å². The molecule has 0 aliphatic heterocycles. The number of benzene rings is 1. The van der Waals surface area contributed by atoms with Gasteiger partial charge in [-0.2, -0.15) is 0 Å². The smallest absolute Gasteiger partial charge is 0.323 e. The maximum absolute atomic E-state index is 13.1. The number of rotatable bonds is 4. The molecule has 0 fully saturated rings. The van der Waals surface area contributed by atoms with Gasteiger partial charge >= 0.3 is 5.97 Å². The molecule has 0 saturated carbocycles. The van der Waals surface area contributed by atoms with Crippen molar-refractivity contribution < 1.29 is 18.8 Å². The fourth-order valence-corrected chi connectivity index (χ4v) is 1.71. The molecule has 0 radical (unpaired) electrons. The summed E-state index contributed by atoms with van der Waals surface area (Å²) < 4.78 is 25.3. The Hall–Kier alpha value is -1.95. The summed E-state index contributed by atoms with van der Waals surface area (Å²) in [6.45, 7) is 0. The molecule has 0 saturated heterocycles. The zero-order valence-electron chi connectivity index (χ0n) is 8.71. The molecule has 0 amide bonds. The molecule has 6 heteroatoms. The second-order valence-corrected chi connectivity index (χ2v) is 3.71. The van der Waals surface area contributed by atoms with Crippen LogP contribution in [0.5, 0.6) is 0 Å². The van der Waals surface area contributed by atoms with E-state index in [2.05, 4.69) is 4.98 Å². The van der Waals surface area contributed by atoms with Gasteiger partial charge in [0.2, 0.25) is 0 Å². The summed E-state index contributed by atoms with van der Waals surface area (Å²) in [6, 6.07) is 2.80. The first-order valence-corrected chi connectivity index (χ1v) is 4.96. The van der Waals surface area contributed by atoms with E-state index >= 15 is 0 Å². The van der Waals surface area contributed by atoms with Crippen LogP contribution in [0.25, 0.3) is 10.9 Å². The number of aromatic amines is 1. The van der Waals surface area contributed by atoms with Gasteiger partial charge in [-0.25, -0.2) is 4.39 Å². The molecule has 0 spiro atoms. The molecule has 2 aromatic rings. The average Bonchev–Trinajstić information content (AvgIpc) is 2.68. The average molecular weight is 240 g/mol. The van der Waals surface area contributed by atoms with E-state index in [0.717, 1.165) is 0 Å². The molecule has 2 rings (SSSR count). The predicted molar refractivity (Wildman–Crippen MR) is 57.6 cm³/mol. The van der Waals surface area contributed by atoms with Gasteiger partial charge in [0.15, 0.2) is 0 Å². The lowest BCUT2D eigenvalue weighted by atomic mass is 10.1. The number of hydrogen-bond donors (Lipinski definition) is 3. The Morgan fingerprint density at radius 3 is 2.94 bits per heavy atom. The molecule has 1 aromatic carbocycles. The molecular weight excluding hydrogens is 230 g/mol. The molecule has 0 aliphatic rings.